The lowest BCUT2D eigenvalue weighted by Gasteiger charge is -2.25. The molecule has 5 nitrogen and oxygen atoms in total. The van der Waals surface area contributed by atoms with Gasteiger partial charge in [-0.15, -0.1) is 0 Å². The van der Waals surface area contributed by atoms with E-state index in [-0.39, 0.29) is 5.82 Å². The molecule has 4 rings (SSSR count). The van der Waals surface area contributed by atoms with E-state index >= 15 is 0 Å². The van der Waals surface area contributed by atoms with Crippen LogP contribution in [0.5, 0.6) is 0 Å². The van der Waals surface area contributed by atoms with Crippen molar-refractivity contribution in [1.29, 1.82) is 0 Å². The quantitative estimate of drug-likeness (QED) is 0.906. The van der Waals surface area contributed by atoms with Gasteiger partial charge in [0.05, 0.1) is 12.4 Å². The molecule has 2 saturated carbocycles. The molecule has 0 atom stereocenters. The predicted molar refractivity (Wildman–Crippen MR) is 94.3 cm³/mol. The van der Waals surface area contributed by atoms with Crippen LogP contribution in [0.4, 0.5) is 4.39 Å². The monoisotopic (exact) mass is 343 g/mol. The zero-order chi connectivity index (χ0) is 17.4. The minimum Gasteiger partial charge on any atom is -0.328 e. The Hall–Kier alpha value is -1.82. The van der Waals surface area contributed by atoms with Gasteiger partial charge in [0.1, 0.15) is 11.5 Å². The Labute approximate surface area is 147 Å². The summed E-state index contributed by atoms with van der Waals surface area (Å²) in [6.45, 7) is 0. The first-order valence-corrected chi connectivity index (χ1v) is 9.38. The lowest BCUT2D eigenvalue weighted by atomic mass is 9.84. The maximum atomic E-state index is 14.4. The first-order chi connectivity index (χ1) is 12.1. The second-order valence-electron chi connectivity index (χ2n) is 7.74. The van der Waals surface area contributed by atoms with E-state index in [1.54, 1.807) is 6.20 Å². The summed E-state index contributed by atoms with van der Waals surface area (Å²) in [5.41, 5.74) is 8.29. The Morgan fingerprint density at radius 3 is 2.48 bits per heavy atom. The Kier molecular flexibility index (Phi) is 4.54. The maximum absolute atomic E-state index is 14.4. The molecule has 0 bridgehead atoms. The number of hydrogen-bond acceptors (Lipinski definition) is 4. The van der Waals surface area contributed by atoms with Crippen molar-refractivity contribution in [1.82, 2.24) is 19.7 Å². The highest BCUT2D eigenvalue weighted by Gasteiger charge is 2.27. The fourth-order valence-corrected chi connectivity index (χ4v) is 3.84. The van der Waals surface area contributed by atoms with E-state index < -0.39 is 0 Å². The molecule has 2 N–H and O–H groups in total. The summed E-state index contributed by atoms with van der Waals surface area (Å²) in [5.74, 6) is 1.64. The van der Waals surface area contributed by atoms with Gasteiger partial charge in [-0.05, 0) is 56.8 Å². The number of halogens is 1. The third-order valence-electron chi connectivity index (χ3n) is 5.65. The van der Waals surface area contributed by atoms with E-state index in [0.717, 1.165) is 55.6 Å². The molecule has 2 aliphatic carbocycles. The molecule has 2 heterocycles. The number of rotatable bonds is 5. The van der Waals surface area contributed by atoms with Gasteiger partial charge >= 0.3 is 0 Å². The molecule has 2 aliphatic rings. The van der Waals surface area contributed by atoms with Gasteiger partial charge in [-0.3, -0.25) is 4.68 Å². The maximum Gasteiger partial charge on any atom is 0.167 e. The molecule has 2 aromatic rings. The molecule has 6 heteroatoms. The van der Waals surface area contributed by atoms with Crippen molar-refractivity contribution in [3.8, 4) is 11.3 Å². The van der Waals surface area contributed by atoms with Gasteiger partial charge in [0, 0.05) is 30.8 Å². The molecule has 134 valence electrons. The highest BCUT2D eigenvalue weighted by atomic mass is 19.1. The average Bonchev–Trinajstić information content (AvgIpc) is 3.35. The van der Waals surface area contributed by atoms with Crippen LogP contribution in [0.25, 0.3) is 11.3 Å². The normalized spacial score (nSPS) is 23.8. The van der Waals surface area contributed by atoms with Crippen LogP contribution in [0.1, 0.15) is 50.0 Å². The van der Waals surface area contributed by atoms with Crippen molar-refractivity contribution in [2.45, 2.75) is 57.4 Å². The summed E-state index contributed by atoms with van der Waals surface area (Å²) in [7, 11) is 1.92. The predicted octanol–water partition coefficient (Wildman–Crippen LogP) is 3.03. The second-order valence-corrected chi connectivity index (χ2v) is 7.74. The van der Waals surface area contributed by atoms with Crippen molar-refractivity contribution >= 4 is 0 Å². The largest absolute Gasteiger partial charge is 0.328 e. The zero-order valence-corrected chi connectivity index (χ0v) is 14.8. The third-order valence-corrected chi connectivity index (χ3v) is 5.65. The molecule has 25 heavy (non-hydrogen) atoms. The van der Waals surface area contributed by atoms with Crippen LogP contribution in [-0.2, 0) is 19.9 Å². The topological polar surface area (TPSA) is 69.6 Å². The zero-order valence-electron chi connectivity index (χ0n) is 14.8. The minimum atomic E-state index is -0.362. The number of aromatic nitrogens is 4. The van der Waals surface area contributed by atoms with Gasteiger partial charge in [0.2, 0.25) is 0 Å². The van der Waals surface area contributed by atoms with Crippen molar-refractivity contribution in [3.63, 3.8) is 0 Å². The average molecular weight is 343 g/mol. The Balaban J connectivity index is 1.57. The van der Waals surface area contributed by atoms with Crippen molar-refractivity contribution in [3.05, 3.63) is 29.7 Å². The Bertz CT molecular complexity index is 744. The molecule has 0 aromatic carbocycles. The van der Waals surface area contributed by atoms with Gasteiger partial charge in [0.15, 0.2) is 5.82 Å². The van der Waals surface area contributed by atoms with Crippen LogP contribution in [0.15, 0.2) is 12.4 Å². The number of nitrogens with zero attached hydrogens (tertiary/aromatic N) is 4. The molecule has 0 radical (unpaired) electrons. The summed E-state index contributed by atoms with van der Waals surface area (Å²) in [5, 5.41) is 4.34. The van der Waals surface area contributed by atoms with E-state index in [9.17, 15) is 4.39 Å². The highest BCUT2D eigenvalue weighted by molar-refractivity contribution is 5.61. The molecule has 2 aromatic heterocycles. The fourth-order valence-electron chi connectivity index (χ4n) is 3.84. The van der Waals surface area contributed by atoms with E-state index in [2.05, 4.69) is 15.1 Å². The van der Waals surface area contributed by atoms with E-state index in [1.807, 2.05) is 11.7 Å². The number of hydrogen-bond donors (Lipinski definition) is 1. The van der Waals surface area contributed by atoms with Gasteiger partial charge in [-0.2, -0.15) is 5.10 Å². The first kappa shape index (κ1) is 16.6. The molecule has 0 spiro atoms. The SMILES string of the molecule is Cn1ncc(-c2nc(CC3CCC(N)CC3)ncc2F)c1CC1CC1. The lowest BCUT2D eigenvalue weighted by Crippen LogP contribution is -2.27. The number of aryl methyl sites for hydroxylation is 1. The molecular formula is C19H26FN5. The molecule has 0 amide bonds. The van der Waals surface area contributed by atoms with Crippen LogP contribution in [-0.4, -0.2) is 25.8 Å². The molecule has 0 aliphatic heterocycles. The van der Waals surface area contributed by atoms with Gasteiger partial charge < -0.3 is 5.73 Å². The second kappa shape index (κ2) is 6.83. The van der Waals surface area contributed by atoms with E-state index in [0.29, 0.717) is 23.6 Å². The lowest BCUT2D eigenvalue weighted by molar-refractivity contribution is 0.320. The first-order valence-electron chi connectivity index (χ1n) is 9.38. The van der Waals surface area contributed by atoms with Crippen molar-refractivity contribution < 1.29 is 4.39 Å². The molecular weight excluding hydrogens is 317 g/mol. The van der Waals surface area contributed by atoms with E-state index in [1.165, 1.54) is 19.0 Å². The molecule has 0 saturated heterocycles. The minimum absolute atomic E-state index is 0.335. The Morgan fingerprint density at radius 2 is 1.76 bits per heavy atom. The smallest absolute Gasteiger partial charge is 0.167 e. The molecule has 2 fully saturated rings. The Morgan fingerprint density at radius 1 is 1.08 bits per heavy atom. The highest BCUT2D eigenvalue weighted by Crippen LogP contribution is 2.36. The fraction of sp³-hybridized carbons (Fsp3) is 0.632. The summed E-state index contributed by atoms with van der Waals surface area (Å²) < 4.78 is 16.3. The van der Waals surface area contributed by atoms with Crippen LogP contribution >= 0.6 is 0 Å². The molecule has 0 unspecified atom stereocenters. The standard InChI is InChI=1S/C19H26FN5/c1-25-17(8-12-2-3-12)15(10-23-25)19-16(20)11-22-18(24-19)9-13-4-6-14(21)7-5-13/h10-14H,2-9,21H2,1H3. The summed E-state index contributed by atoms with van der Waals surface area (Å²) in [6.07, 6.45) is 11.7. The summed E-state index contributed by atoms with van der Waals surface area (Å²) in [4.78, 5) is 8.83. The summed E-state index contributed by atoms with van der Waals surface area (Å²) >= 11 is 0. The van der Waals surface area contributed by atoms with Gasteiger partial charge in [0.25, 0.3) is 0 Å². The van der Waals surface area contributed by atoms with Crippen molar-refractivity contribution in [2.75, 3.05) is 0 Å². The summed E-state index contributed by atoms with van der Waals surface area (Å²) in [6, 6.07) is 0.335. The van der Waals surface area contributed by atoms with Gasteiger partial charge in [-0.25, -0.2) is 14.4 Å². The van der Waals surface area contributed by atoms with Crippen LogP contribution < -0.4 is 5.73 Å². The van der Waals surface area contributed by atoms with Crippen LogP contribution in [0, 0.1) is 17.7 Å². The van der Waals surface area contributed by atoms with Crippen LogP contribution in [0.3, 0.4) is 0 Å². The van der Waals surface area contributed by atoms with Gasteiger partial charge in [-0.1, -0.05) is 0 Å². The van der Waals surface area contributed by atoms with Crippen molar-refractivity contribution in [2.24, 2.45) is 24.6 Å². The third kappa shape index (κ3) is 3.73. The number of nitrogens with two attached hydrogens (primary N) is 1. The van der Waals surface area contributed by atoms with E-state index in [4.69, 9.17) is 5.73 Å². The van der Waals surface area contributed by atoms with Crippen LogP contribution in [0.2, 0.25) is 0 Å².